The maximum absolute atomic E-state index is 11.7. The zero-order valence-electron chi connectivity index (χ0n) is 15.8. The molecule has 0 aromatic carbocycles. The summed E-state index contributed by atoms with van der Waals surface area (Å²) in [6.07, 6.45) is 11.9. The van der Waals surface area contributed by atoms with Crippen molar-refractivity contribution in [1.29, 1.82) is 0 Å². The van der Waals surface area contributed by atoms with Gasteiger partial charge in [-0.3, -0.25) is 0 Å². The molecule has 0 bridgehead atoms. The Kier molecular flexibility index (Phi) is 4.48. The van der Waals surface area contributed by atoms with Gasteiger partial charge in [-0.2, -0.15) is 9.61 Å². The highest BCUT2D eigenvalue weighted by atomic mass is 79.9. The maximum atomic E-state index is 11.7. The number of nitrogens with one attached hydrogen (secondary N) is 1. The van der Waals surface area contributed by atoms with Crippen LogP contribution in [-0.2, 0) is 21.9 Å². The molecule has 2 fully saturated rings. The van der Waals surface area contributed by atoms with Crippen molar-refractivity contribution in [2.75, 3.05) is 5.32 Å². The number of halogens is 1. The molecule has 3 N–H and O–H groups in total. The predicted molar refractivity (Wildman–Crippen MR) is 112 cm³/mol. The summed E-state index contributed by atoms with van der Waals surface area (Å²) in [6, 6.07) is 0.232. The summed E-state index contributed by atoms with van der Waals surface area (Å²) in [5.74, 6) is 1.05. The number of sulfonamides is 1. The van der Waals surface area contributed by atoms with Gasteiger partial charge in [0.25, 0.3) is 0 Å². The molecule has 3 aliphatic rings. The van der Waals surface area contributed by atoms with Gasteiger partial charge in [0.05, 0.1) is 21.6 Å². The molecule has 2 aromatic rings. The van der Waals surface area contributed by atoms with Gasteiger partial charge in [-0.15, -0.1) is 0 Å². The number of nitrogens with two attached hydrogens (primary N) is 1. The molecule has 7 nitrogen and oxygen atoms in total. The molecule has 2 heterocycles. The molecule has 0 aliphatic heterocycles. The lowest BCUT2D eigenvalue weighted by molar-refractivity contribution is 0.429. The van der Waals surface area contributed by atoms with E-state index in [4.69, 9.17) is 10.1 Å². The van der Waals surface area contributed by atoms with Crippen molar-refractivity contribution in [2.45, 2.75) is 80.9 Å². The van der Waals surface area contributed by atoms with E-state index >= 15 is 0 Å². The molecule has 3 aliphatic carbocycles. The number of fused-ring (bicyclic) bond motifs is 3. The van der Waals surface area contributed by atoms with Gasteiger partial charge in [0.2, 0.25) is 10.0 Å². The minimum absolute atomic E-state index is 0.232. The highest BCUT2D eigenvalue weighted by molar-refractivity contribution is 9.10. The fourth-order valence-electron chi connectivity index (χ4n) is 5.57. The lowest BCUT2D eigenvalue weighted by Gasteiger charge is -2.29. The van der Waals surface area contributed by atoms with Crippen LogP contribution >= 0.6 is 15.9 Å². The molecule has 0 unspecified atom stereocenters. The van der Waals surface area contributed by atoms with Crippen LogP contribution in [-0.4, -0.2) is 34.3 Å². The summed E-state index contributed by atoms with van der Waals surface area (Å²) in [4.78, 5) is 5.07. The number of rotatable bonds is 3. The van der Waals surface area contributed by atoms with Crippen LogP contribution in [0.15, 0.2) is 10.7 Å². The van der Waals surface area contributed by atoms with Crippen molar-refractivity contribution in [3.05, 3.63) is 21.9 Å². The van der Waals surface area contributed by atoms with E-state index in [0.29, 0.717) is 12.8 Å². The molecular formula is C19H26BrN5O2S. The standard InChI is InChI=1S/C19H26BrN5O2S/c20-15-11-22-25-17(23-12-3-5-13(6-4-12)28(21,26)27)14-7-10-19(8-1-2-9-19)16(14)24-18(15)25/h11-13,23H,1-10H2,(H2,21,26,27)/t12-,13+. The monoisotopic (exact) mass is 467 g/mol. The van der Waals surface area contributed by atoms with Crippen LogP contribution in [0.2, 0.25) is 0 Å². The third kappa shape index (κ3) is 2.97. The van der Waals surface area contributed by atoms with Gasteiger partial charge in [0.15, 0.2) is 5.65 Å². The van der Waals surface area contributed by atoms with Crippen LogP contribution in [0.5, 0.6) is 0 Å². The largest absolute Gasteiger partial charge is 0.367 e. The summed E-state index contributed by atoms with van der Waals surface area (Å²) < 4.78 is 26.1. The summed E-state index contributed by atoms with van der Waals surface area (Å²) in [5, 5.41) is 13.2. The van der Waals surface area contributed by atoms with E-state index in [1.807, 2.05) is 10.7 Å². The van der Waals surface area contributed by atoms with Gasteiger partial charge in [0, 0.05) is 17.0 Å². The molecule has 0 atom stereocenters. The van der Waals surface area contributed by atoms with Crippen molar-refractivity contribution < 1.29 is 8.42 Å². The van der Waals surface area contributed by atoms with Crippen molar-refractivity contribution in [2.24, 2.45) is 5.14 Å². The number of anilines is 1. The second-order valence-corrected chi connectivity index (χ2v) is 11.4. The lowest BCUT2D eigenvalue weighted by Crippen LogP contribution is -2.36. The van der Waals surface area contributed by atoms with Crippen LogP contribution in [0.3, 0.4) is 0 Å². The number of hydrogen-bond acceptors (Lipinski definition) is 5. The molecule has 2 aromatic heterocycles. The summed E-state index contributed by atoms with van der Waals surface area (Å²) in [5.41, 5.74) is 3.67. The molecule has 0 radical (unpaired) electrons. The Balaban J connectivity index is 1.50. The third-order valence-electron chi connectivity index (χ3n) is 7.10. The maximum Gasteiger partial charge on any atom is 0.211 e. The molecule has 2 saturated carbocycles. The summed E-state index contributed by atoms with van der Waals surface area (Å²) in [6.45, 7) is 0. The van der Waals surface area contributed by atoms with E-state index in [9.17, 15) is 8.42 Å². The van der Waals surface area contributed by atoms with Gasteiger partial charge < -0.3 is 5.32 Å². The third-order valence-corrected chi connectivity index (χ3v) is 9.06. The lowest BCUT2D eigenvalue weighted by atomic mass is 9.83. The van der Waals surface area contributed by atoms with E-state index in [1.54, 1.807) is 0 Å². The average Bonchev–Trinajstić information content (AvgIpc) is 3.37. The molecule has 1 spiro atoms. The normalized spacial score (nSPS) is 26.8. The Morgan fingerprint density at radius 3 is 2.57 bits per heavy atom. The van der Waals surface area contributed by atoms with Crippen LogP contribution in [0.25, 0.3) is 5.65 Å². The SMILES string of the molecule is NS(=O)(=O)[C@H]1CC[C@@H](Nc2c3c(nc4c(Br)cnn24)C2(CCCC2)CC3)CC1. The van der Waals surface area contributed by atoms with Crippen molar-refractivity contribution in [1.82, 2.24) is 14.6 Å². The Morgan fingerprint density at radius 1 is 1.18 bits per heavy atom. The van der Waals surface area contributed by atoms with Crippen molar-refractivity contribution in [3.63, 3.8) is 0 Å². The van der Waals surface area contributed by atoms with E-state index in [1.165, 1.54) is 43.4 Å². The first-order valence-electron chi connectivity index (χ1n) is 10.2. The highest BCUT2D eigenvalue weighted by Crippen LogP contribution is 2.51. The molecule has 9 heteroatoms. The minimum Gasteiger partial charge on any atom is -0.367 e. The van der Waals surface area contributed by atoms with Crippen molar-refractivity contribution in [3.8, 4) is 0 Å². The zero-order chi connectivity index (χ0) is 19.5. The van der Waals surface area contributed by atoms with Crippen LogP contribution in [0.4, 0.5) is 5.82 Å². The van der Waals surface area contributed by atoms with E-state index < -0.39 is 15.3 Å². The Hall–Kier alpha value is -1.19. The average molecular weight is 468 g/mol. The Morgan fingerprint density at radius 2 is 1.89 bits per heavy atom. The molecule has 28 heavy (non-hydrogen) atoms. The fourth-order valence-corrected chi connectivity index (χ4v) is 6.85. The smallest absolute Gasteiger partial charge is 0.211 e. The quantitative estimate of drug-likeness (QED) is 0.720. The fraction of sp³-hybridized carbons (Fsp3) is 0.684. The van der Waals surface area contributed by atoms with E-state index in [-0.39, 0.29) is 11.5 Å². The first-order chi connectivity index (χ1) is 13.4. The zero-order valence-corrected chi connectivity index (χ0v) is 18.2. The van der Waals surface area contributed by atoms with Gasteiger partial charge in [-0.05, 0) is 67.3 Å². The predicted octanol–water partition coefficient (Wildman–Crippen LogP) is 3.26. The Labute approximate surface area is 173 Å². The van der Waals surface area contributed by atoms with Crippen LogP contribution in [0.1, 0.15) is 69.0 Å². The molecule has 0 amide bonds. The Bertz CT molecular complexity index is 1020. The summed E-state index contributed by atoms with van der Waals surface area (Å²) in [7, 11) is -3.44. The molecule has 0 saturated heterocycles. The van der Waals surface area contributed by atoms with Gasteiger partial charge in [-0.1, -0.05) is 12.8 Å². The molecule has 5 rings (SSSR count). The van der Waals surface area contributed by atoms with E-state index in [0.717, 1.165) is 35.2 Å². The topological polar surface area (TPSA) is 102 Å². The highest BCUT2D eigenvalue weighted by Gasteiger charge is 2.44. The van der Waals surface area contributed by atoms with Gasteiger partial charge >= 0.3 is 0 Å². The molecule has 152 valence electrons. The summed E-state index contributed by atoms with van der Waals surface area (Å²) >= 11 is 3.61. The first-order valence-corrected chi connectivity index (χ1v) is 12.6. The van der Waals surface area contributed by atoms with Crippen molar-refractivity contribution >= 4 is 37.4 Å². The number of primary sulfonamides is 1. The van der Waals surface area contributed by atoms with Gasteiger partial charge in [-0.25, -0.2) is 18.5 Å². The number of aromatic nitrogens is 3. The minimum atomic E-state index is -3.44. The second-order valence-electron chi connectivity index (χ2n) is 8.71. The van der Waals surface area contributed by atoms with Crippen LogP contribution in [0, 0.1) is 0 Å². The first kappa shape index (κ1) is 18.8. The van der Waals surface area contributed by atoms with Gasteiger partial charge in [0.1, 0.15) is 5.82 Å². The van der Waals surface area contributed by atoms with E-state index in [2.05, 4.69) is 26.3 Å². The van der Waals surface area contributed by atoms with Crippen LogP contribution < -0.4 is 10.5 Å². The second kappa shape index (κ2) is 6.67. The number of hydrogen-bond donors (Lipinski definition) is 2. The number of nitrogens with zero attached hydrogens (tertiary/aromatic N) is 3. The molecular weight excluding hydrogens is 442 g/mol.